The van der Waals surface area contributed by atoms with E-state index >= 15 is 0 Å². The Balaban J connectivity index is 6.04. The Hall–Kier alpha value is -1.46. The molecule has 0 aliphatic carbocycles. The van der Waals surface area contributed by atoms with E-state index in [1.807, 2.05) is 0 Å². The first-order valence-electron chi connectivity index (χ1n) is 5.39. The van der Waals surface area contributed by atoms with Gasteiger partial charge in [-0.05, 0) is 0 Å². The predicted molar refractivity (Wildman–Crippen MR) is 66.8 cm³/mol. The Morgan fingerprint density at radius 2 is 1.05 bits per heavy atom. The van der Waals surface area contributed by atoms with Gasteiger partial charge in [-0.25, -0.2) is 0 Å². The molecule has 0 aromatic rings. The van der Waals surface area contributed by atoms with E-state index in [2.05, 4.69) is 3.72 Å². The molecule has 0 amide bonds. The zero-order chi connectivity index (χ0) is 16.7. The van der Waals surface area contributed by atoms with E-state index in [4.69, 9.17) is 26.2 Å². The van der Waals surface area contributed by atoms with Crippen LogP contribution in [0.1, 0.15) is 0 Å². The van der Waals surface area contributed by atoms with E-state index in [1.165, 1.54) is 0 Å². The van der Waals surface area contributed by atoms with E-state index in [9.17, 15) is 19.2 Å². The van der Waals surface area contributed by atoms with Crippen LogP contribution < -0.4 is 9.45 Å². The van der Waals surface area contributed by atoms with Gasteiger partial charge in [-0.2, -0.15) is 0 Å². The van der Waals surface area contributed by atoms with Crippen molar-refractivity contribution < 1.29 is 55.7 Å². The monoisotopic (exact) mass is 492 g/mol. The Kier molecular flexibility index (Phi) is 7.00. The van der Waals surface area contributed by atoms with Crippen LogP contribution in [0.4, 0.5) is 0 Å². The number of carboxylic acid groups (broad SMARTS) is 4. The zero-order valence-corrected chi connectivity index (χ0v) is 13.2. The van der Waals surface area contributed by atoms with Gasteiger partial charge < -0.3 is 0 Å². The van der Waals surface area contributed by atoms with Gasteiger partial charge in [0.15, 0.2) is 0 Å². The van der Waals surface area contributed by atoms with Gasteiger partial charge in [0, 0.05) is 0 Å². The number of hydrogen-bond acceptors (Lipinski definition) is 6. The summed E-state index contributed by atoms with van der Waals surface area (Å²) in [6, 6.07) is 0. The fraction of sp³-hybridized carbons (Fsp3) is 0.600. The van der Waals surface area contributed by atoms with E-state index in [1.54, 1.807) is 0 Å². The maximum absolute atomic E-state index is 11.1. The number of aliphatic carboxylic acids is 4. The van der Waals surface area contributed by atoms with Crippen LogP contribution in [0.3, 0.4) is 0 Å². The van der Waals surface area contributed by atoms with Crippen LogP contribution >= 0.6 is 0 Å². The van der Waals surface area contributed by atoms with Crippen molar-refractivity contribution in [3.8, 4) is 0 Å². The fourth-order valence-electron chi connectivity index (χ4n) is 1.59. The van der Waals surface area contributed by atoms with E-state index < -0.39 is 58.5 Å². The standard InChI is InChI=1S/C2H7N2.4C2H3O2.Au/c3-1-2-4;4*1-2(3)4;/h3H,1-2,4H2;4*1H2,(H,3,4);/q-1;;;;;+1. The van der Waals surface area contributed by atoms with Crippen molar-refractivity contribution in [2.24, 2.45) is 5.73 Å². The van der Waals surface area contributed by atoms with Crippen molar-refractivity contribution in [1.82, 2.24) is 3.72 Å². The average molecular weight is 492 g/mol. The van der Waals surface area contributed by atoms with Crippen LogP contribution in [0.5, 0.6) is 0 Å². The van der Waals surface area contributed by atoms with Crippen molar-refractivity contribution in [3.05, 3.63) is 0 Å². The fourth-order valence-corrected chi connectivity index (χ4v) is 13.0. The Morgan fingerprint density at radius 3 is 1.24 bits per heavy atom. The van der Waals surface area contributed by atoms with Crippen molar-refractivity contribution in [2.75, 3.05) is 13.1 Å². The molecule has 0 rings (SSSR count). The molecule has 0 fully saturated rings. The molecule has 0 atom stereocenters. The Labute approximate surface area is 121 Å². The number of carboxylic acids is 4. The molecule has 128 valence electrons. The third-order valence-electron chi connectivity index (χ3n) is 2.00. The third kappa shape index (κ3) is 6.23. The van der Waals surface area contributed by atoms with Gasteiger partial charge in [0.25, 0.3) is 0 Å². The number of nitrogens with two attached hydrogens (primary N) is 1. The van der Waals surface area contributed by atoms with Crippen LogP contribution in [-0.2, 0) is 35.3 Å². The van der Waals surface area contributed by atoms with Crippen molar-refractivity contribution >= 4 is 23.9 Å². The first-order chi connectivity index (χ1) is 9.54. The minimum absolute atomic E-state index is 0.00498. The summed E-state index contributed by atoms with van der Waals surface area (Å²) >= 11 is -5.02. The zero-order valence-electron chi connectivity index (χ0n) is 11.0. The second kappa shape index (κ2) is 7.52. The maximum atomic E-state index is 11.1. The van der Waals surface area contributed by atoms with Crippen LogP contribution in [0.25, 0.3) is 0 Å². The van der Waals surface area contributed by atoms with E-state index in [0.717, 1.165) is 0 Å². The average Bonchev–Trinajstić information content (AvgIpc) is 2.21. The van der Waals surface area contributed by atoms with Crippen molar-refractivity contribution in [3.63, 3.8) is 0 Å². The Bertz CT molecular complexity index is 377. The van der Waals surface area contributed by atoms with E-state index in [0.29, 0.717) is 0 Å². The van der Waals surface area contributed by atoms with Gasteiger partial charge in [0.2, 0.25) is 0 Å². The van der Waals surface area contributed by atoms with Gasteiger partial charge in [-0.3, -0.25) is 0 Å². The second-order valence-corrected chi connectivity index (χ2v) is 17.4. The summed E-state index contributed by atoms with van der Waals surface area (Å²) in [5.41, 5.74) is 5.29. The molecule has 11 heteroatoms. The molecule has 0 aromatic carbocycles. The SMILES string of the molecule is NCC[NH][Au]([CH2]C(=O)O)([CH2]C(=O)O)([CH2]C(=O)O)[CH2]C(=O)O. The number of nitrogens with one attached hydrogen (secondary N) is 1. The summed E-state index contributed by atoms with van der Waals surface area (Å²) in [6.45, 7) is -0.0533. The van der Waals surface area contributed by atoms with Gasteiger partial charge in [-0.15, -0.1) is 0 Å². The van der Waals surface area contributed by atoms with Crippen LogP contribution in [0.15, 0.2) is 0 Å². The topological polar surface area (TPSA) is 187 Å². The molecule has 0 aliphatic heterocycles. The van der Waals surface area contributed by atoms with Gasteiger partial charge in [0.05, 0.1) is 0 Å². The molecule has 0 heterocycles. The molecule has 0 saturated carbocycles. The summed E-state index contributed by atoms with van der Waals surface area (Å²) in [7, 11) is 0. The molecular weight excluding hydrogens is 473 g/mol. The third-order valence-corrected chi connectivity index (χ3v) is 15.4. The molecular formula is C10H19AuN2O8. The first kappa shape index (κ1) is 19.5. The van der Waals surface area contributed by atoms with Crippen molar-refractivity contribution in [1.29, 1.82) is 0 Å². The van der Waals surface area contributed by atoms with Gasteiger partial charge in [-0.1, -0.05) is 0 Å². The summed E-state index contributed by atoms with van der Waals surface area (Å²) in [5, 5.41) is 36.2. The predicted octanol–water partition coefficient (Wildman–Crippen LogP) is -0.849. The molecule has 0 spiro atoms. The van der Waals surface area contributed by atoms with E-state index in [-0.39, 0.29) is 13.1 Å². The summed E-state index contributed by atoms with van der Waals surface area (Å²) in [5.74, 6) is -5.74. The summed E-state index contributed by atoms with van der Waals surface area (Å²) in [6.07, 6.45) is 0. The van der Waals surface area contributed by atoms with Crippen LogP contribution in [-0.4, -0.2) is 57.4 Å². The van der Waals surface area contributed by atoms with Gasteiger partial charge in [0.1, 0.15) is 0 Å². The van der Waals surface area contributed by atoms with Crippen LogP contribution in [0, 0.1) is 0 Å². The van der Waals surface area contributed by atoms with Crippen LogP contribution in [0.2, 0.25) is 18.6 Å². The number of rotatable bonds is 11. The number of carbonyl (C=O) groups is 4. The molecule has 21 heavy (non-hydrogen) atoms. The Morgan fingerprint density at radius 1 is 0.762 bits per heavy atom. The number of hydrogen-bond donors (Lipinski definition) is 6. The first-order valence-corrected chi connectivity index (χ1v) is 12.6. The molecule has 0 aliphatic rings. The molecule has 0 saturated heterocycles. The molecule has 10 nitrogen and oxygen atoms in total. The minimum atomic E-state index is -5.02. The molecule has 0 unspecified atom stereocenters. The summed E-state index contributed by atoms with van der Waals surface area (Å²) < 4.78 is -0.549. The molecule has 0 aromatic heterocycles. The molecule has 7 N–H and O–H groups in total. The van der Waals surface area contributed by atoms with Crippen molar-refractivity contribution in [2.45, 2.75) is 18.6 Å². The molecule has 0 radical (unpaired) electrons. The second-order valence-electron chi connectivity index (χ2n) is 3.98. The summed E-state index contributed by atoms with van der Waals surface area (Å²) in [4.78, 5) is 44.5. The molecule has 0 bridgehead atoms. The normalized spacial score (nSPS) is 13.1. The van der Waals surface area contributed by atoms with Gasteiger partial charge >= 0.3 is 121 Å². The quantitative estimate of drug-likeness (QED) is 0.198.